The van der Waals surface area contributed by atoms with E-state index < -0.39 is 17.1 Å². The highest BCUT2D eigenvalue weighted by Crippen LogP contribution is 2.55. The summed E-state index contributed by atoms with van der Waals surface area (Å²) in [7, 11) is -2.18. The number of unbranched alkanes of at least 4 members (excludes halogenated alkanes) is 2. The van der Waals surface area contributed by atoms with Crippen LogP contribution in [-0.2, 0) is 22.8 Å². The van der Waals surface area contributed by atoms with Gasteiger partial charge in [-0.2, -0.15) is 0 Å². The molecule has 0 amide bonds. The van der Waals surface area contributed by atoms with Gasteiger partial charge in [-0.1, -0.05) is 40.5 Å². The molecule has 0 spiro atoms. The fraction of sp³-hybridized carbons (Fsp3) is 1.00. The van der Waals surface area contributed by atoms with Crippen LogP contribution in [0.2, 0.25) is 0 Å². The van der Waals surface area contributed by atoms with Crippen molar-refractivity contribution in [3.05, 3.63) is 0 Å². The predicted octanol–water partition coefficient (Wildman–Crippen LogP) is 9.17. The van der Waals surface area contributed by atoms with E-state index in [1.165, 1.54) is 12.8 Å². The summed E-state index contributed by atoms with van der Waals surface area (Å²) in [5.74, 6) is 0. The molecule has 0 aliphatic carbocycles. The molecule has 0 saturated carbocycles. The number of rotatable bonds is 16. The standard InChI is InChI=1S/C38H76N4O5P2/c1-13-17-19-41(31-21-33(5,6)39-34(7,8)22-31)48-44-27-37(15-3,28-45-48)25-43-26-38(16-4)29-46-49(47-30-38)42(20-18-14-2)32-23-35(9,10)40-36(11,12)24-32/h31-32,39-40H,13-30H2,1-12H3. The third kappa shape index (κ3) is 11.7. The van der Waals surface area contributed by atoms with Crippen molar-refractivity contribution < 1.29 is 22.8 Å². The monoisotopic (exact) mass is 731 g/mol. The van der Waals surface area contributed by atoms with Crippen LogP contribution in [0.15, 0.2) is 0 Å². The number of hydrogen-bond donors (Lipinski definition) is 2. The minimum absolute atomic E-state index is 0.0843. The highest BCUT2D eigenvalue weighted by Gasteiger charge is 2.48. The van der Waals surface area contributed by atoms with Crippen LogP contribution >= 0.6 is 17.1 Å². The molecule has 0 bridgehead atoms. The van der Waals surface area contributed by atoms with Crippen molar-refractivity contribution in [3.63, 3.8) is 0 Å². The molecule has 0 unspecified atom stereocenters. The number of nitrogens with zero attached hydrogens (tertiary/aromatic N) is 2. The number of piperidine rings is 2. The van der Waals surface area contributed by atoms with Gasteiger partial charge in [0.25, 0.3) is 17.1 Å². The second-order valence-corrected chi connectivity index (χ2v) is 21.7. The van der Waals surface area contributed by atoms with Gasteiger partial charge in [0.15, 0.2) is 0 Å². The van der Waals surface area contributed by atoms with E-state index in [1.807, 2.05) is 0 Å². The average molecular weight is 731 g/mol. The topological polar surface area (TPSA) is 76.7 Å². The lowest BCUT2D eigenvalue weighted by Gasteiger charge is -2.52. The summed E-state index contributed by atoms with van der Waals surface area (Å²) < 4.78 is 38.6. The number of hydrogen-bond acceptors (Lipinski definition) is 9. The summed E-state index contributed by atoms with van der Waals surface area (Å²) >= 11 is 0. The average Bonchev–Trinajstić information content (AvgIpc) is 3.00. The SMILES string of the molecule is CCCCN(C1CC(C)(C)NC(C)(C)C1)P1OCC(CC)(COCC2(CC)COP(N(CCCC)C3CC(C)(C)NC(C)(C)C3)OC2)CO1. The number of ether oxygens (including phenoxy) is 1. The minimum Gasteiger partial charge on any atom is -0.380 e. The van der Waals surface area contributed by atoms with Gasteiger partial charge in [0.2, 0.25) is 0 Å². The summed E-state index contributed by atoms with van der Waals surface area (Å²) in [5, 5.41) is 7.71. The molecular weight excluding hydrogens is 654 g/mol. The van der Waals surface area contributed by atoms with Crippen LogP contribution < -0.4 is 10.6 Å². The Morgan fingerprint density at radius 1 is 0.551 bits per heavy atom. The van der Waals surface area contributed by atoms with E-state index in [4.69, 9.17) is 22.8 Å². The molecule has 4 aliphatic heterocycles. The Hall–Kier alpha value is 0.500. The van der Waals surface area contributed by atoms with Gasteiger partial charge in [0.1, 0.15) is 0 Å². The Balaban J connectivity index is 1.33. The van der Waals surface area contributed by atoms with Gasteiger partial charge in [-0.3, -0.25) is 0 Å². The zero-order chi connectivity index (χ0) is 36.1. The molecule has 0 atom stereocenters. The Kier molecular flexibility index (Phi) is 14.9. The fourth-order valence-corrected chi connectivity index (χ4v) is 12.6. The molecule has 4 saturated heterocycles. The van der Waals surface area contributed by atoms with Crippen molar-refractivity contribution >= 4 is 17.1 Å². The van der Waals surface area contributed by atoms with Crippen molar-refractivity contribution in [3.8, 4) is 0 Å². The Morgan fingerprint density at radius 3 is 1.12 bits per heavy atom. The molecule has 4 rings (SSSR count). The molecule has 4 aliphatic rings. The maximum atomic E-state index is 6.70. The zero-order valence-corrected chi connectivity index (χ0v) is 35.5. The second kappa shape index (κ2) is 17.3. The Bertz CT molecular complexity index is 904. The van der Waals surface area contributed by atoms with Gasteiger partial charge in [0.05, 0.1) is 39.6 Å². The summed E-state index contributed by atoms with van der Waals surface area (Å²) in [4.78, 5) is 0. The molecule has 0 aromatic heterocycles. The van der Waals surface area contributed by atoms with Crippen molar-refractivity contribution in [1.29, 1.82) is 0 Å². The van der Waals surface area contributed by atoms with Crippen molar-refractivity contribution in [1.82, 2.24) is 20.0 Å². The lowest BCUT2D eigenvalue weighted by molar-refractivity contribution is -0.0927. The van der Waals surface area contributed by atoms with E-state index in [0.29, 0.717) is 51.7 Å². The van der Waals surface area contributed by atoms with Crippen molar-refractivity contribution in [2.75, 3.05) is 52.7 Å². The molecule has 4 heterocycles. The molecule has 9 nitrogen and oxygen atoms in total. The summed E-state index contributed by atoms with van der Waals surface area (Å²) in [6.45, 7) is 33.8. The van der Waals surface area contributed by atoms with E-state index in [-0.39, 0.29) is 33.0 Å². The molecule has 2 N–H and O–H groups in total. The maximum absolute atomic E-state index is 6.70. The van der Waals surface area contributed by atoms with Gasteiger partial charge in [-0.05, 0) is 107 Å². The Labute approximate surface area is 304 Å². The molecule has 288 valence electrons. The summed E-state index contributed by atoms with van der Waals surface area (Å²) in [6, 6.07) is 0.891. The van der Waals surface area contributed by atoms with Gasteiger partial charge >= 0.3 is 0 Å². The fourth-order valence-electron chi connectivity index (χ4n) is 8.88. The van der Waals surface area contributed by atoms with Crippen LogP contribution in [-0.4, -0.2) is 96.3 Å². The number of nitrogens with one attached hydrogen (secondary N) is 2. The van der Waals surface area contributed by atoms with Gasteiger partial charge in [-0.15, -0.1) is 0 Å². The largest absolute Gasteiger partial charge is 0.380 e. The first-order valence-corrected chi connectivity index (χ1v) is 22.0. The summed E-state index contributed by atoms with van der Waals surface area (Å²) in [6.07, 6.45) is 11.0. The molecule has 49 heavy (non-hydrogen) atoms. The van der Waals surface area contributed by atoms with E-state index in [2.05, 4.69) is 103 Å². The molecule has 11 heteroatoms. The first-order chi connectivity index (χ1) is 22.9. The third-order valence-corrected chi connectivity index (χ3v) is 14.6. The van der Waals surface area contributed by atoms with Crippen LogP contribution in [0.1, 0.15) is 147 Å². The lowest BCUT2D eigenvalue weighted by atomic mass is 9.79. The Morgan fingerprint density at radius 2 is 0.857 bits per heavy atom. The van der Waals surface area contributed by atoms with E-state index in [0.717, 1.165) is 64.5 Å². The van der Waals surface area contributed by atoms with E-state index >= 15 is 0 Å². The predicted molar refractivity (Wildman–Crippen MR) is 206 cm³/mol. The molecule has 0 aromatic rings. The van der Waals surface area contributed by atoms with Crippen LogP contribution in [0.5, 0.6) is 0 Å². The molecule has 4 fully saturated rings. The normalized spacial score (nSPS) is 33.7. The van der Waals surface area contributed by atoms with Crippen LogP contribution in [0, 0.1) is 10.8 Å². The molecular formula is C38H76N4O5P2. The summed E-state index contributed by atoms with van der Waals surface area (Å²) in [5.41, 5.74) is 0.0701. The van der Waals surface area contributed by atoms with Gasteiger partial charge in [-0.25, -0.2) is 9.34 Å². The van der Waals surface area contributed by atoms with Crippen LogP contribution in [0.4, 0.5) is 0 Å². The highest BCUT2D eigenvalue weighted by atomic mass is 31.2. The van der Waals surface area contributed by atoms with Crippen molar-refractivity contribution in [2.45, 2.75) is 182 Å². The molecule has 0 radical (unpaired) electrons. The van der Waals surface area contributed by atoms with E-state index in [1.54, 1.807) is 0 Å². The first-order valence-electron chi connectivity index (χ1n) is 19.7. The lowest BCUT2D eigenvalue weighted by Crippen LogP contribution is -2.61. The van der Waals surface area contributed by atoms with Crippen LogP contribution in [0.25, 0.3) is 0 Å². The first kappa shape index (κ1) is 42.2. The van der Waals surface area contributed by atoms with Gasteiger partial charge in [0, 0.05) is 58.2 Å². The maximum Gasteiger partial charge on any atom is 0.259 e. The van der Waals surface area contributed by atoms with Crippen molar-refractivity contribution in [2.24, 2.45) is 10.8 Å². The quantitative estimate of drug-likeness (QED) is 0.151. The molecule has 0 aromatic carbocycles. The highest BCUT2D eigenvalue weighted by molar-refractivity contribution is 7.44. The zero-order valence-electron chi connectivity index (χ0n) is 33.7. The van der Waals surface area contributed by atoms with E-state index in [9.17, 15) is 0 Å². The minimum atomic E-state index is -1.09. The van der Waals surface area contributed by atoms with Crippen LogP contribution in [0.3, 0.4) is 0 Å². The second-order valence-electron chi connectivity index (χ2n) is 18.7. The third-order valence-electron chi connectivity index (χ3n) is 11.3. The smallest absolute Gasteiger partial charge is 0.259 e. The van der Waals surface area contributed by atoms with Gasteiger partial charge < -0.3 is 33.5 Å².